The summed E-state index contributed by atoms with van der Waals surface area (Å²) < 4.78 is 28.9. The Hall–Kier alpha value is -2.38. The average molecular weight is 328 g/mol. The lowest BCUT2D eigenvalue weighted by Crippen LogP contribution is -2.42. The van der Waals surface area contributed by atoms with Gasteiger partial charge >= 0.3 is 12.0 Å². The number of carboxylic acid groups (broad SMARTS) is 1. The van der Waals surface area contributed by atoms with E-state index in [1.807, 2.05) is 0 Å². The smallest absolute Gasteiger partial charge is 0.321 e. The lowest BCUT2D eigenvalue weighted by Gasteiger charge is -2.30. The van der Waals surface area contributed by atoms with Crippen LogP contribution in [0, 0.1) is 5.92 Å². The van der Waals surface area contributed by atoms with Gasteiger partial charge in [0.1, 0.15) is 12.4 Å². The Morgan fingerprint density at radius 2 is 1.87 bits per heavy atom. The Balaban J connectivity index is 1.82. The van der Waals surface area contributed by atoms with Crippen molar-refractivity contribution in [2.24, 2.45) is 5.92 Å². The van der Waals surface area contributed by atoms with E-state index in [1.54, 1.807) is 17.0 Å². The predicted molar refractivity (Wildman–Crippen MR) is 78.9 cm³/mol. The Morgan fingerprint density at radius 3 is 2.39 bits per heavy atom. The molecular formula is C15H18F2N2O4. The highest BCUT2D eigenvalue weighted by molar-refractivity contribution is 5.89. The van der Waals surface area contributed by atoms with Gasteiger partial charge in [-0.2, -0.15) is 0 Å². The van der Waals surface area contributed by atoms with Crippen LogP contribution in [0.4, 0.5) is 19.3 Å². The number of halogens is 2. The minimum atomic E-state index is -2.54. The summed E-state index contributed by atoms with van der Waals surface area (Å²) in [4.78, 5) is 24.5. The number of rotatable bonds is 5. The van der Waals surface area contributed by atoms with Crippen molar-refractivity contribution >= 4 is 17.7 Å². The third kappa shape index (κ3) is 5.08. The van der Waals surface area contributed by atoms with E-state index < -0.39 is 24.9 Å². The van der Waals surface area contributed by atoms with Gasteiger partial charge in [0.2, 0.25) is 0 Å². The van der Waals surface area contributed by atoms with Crippen molar-refractivity contribution in [1.82, 2.24) is 4.90 Å². The maximum atomic E-state index is 12.1. The molecule has 1 aromatic carbocycles. The topological polar surface area (TPSA) is 78.9 Å². The predicted octanol–water partition coefficient (Wildman–Crippen LogP) is 2.66. The molecule has 1 aromatic rings. The van der Waals surface area contributed by atoms with Gasteiger partial charge < -0.3 is 20.1 Å². The highest BCUT2D eigenvalue weighted by Gasteiger charge is 2.26. The Labute approximate surface area is 132 Å². The number of hydrogen-bond acceptors (Lipinski definition) is 3. The molecule has 2 rings (SSSR count). The Morgan fingerprint density at radius 1 is 1.26 bits per heavy atom. The molecule has 8 heteroatoms. The summed E-state index contributed by atoms with van der Waals surface area (Å²) in [6.07, 6.45) is -1.67. The van der Waals surface area contributed by atoms with Crippen molar-refractivity contribution in [2.45, 2.75) is 19.3 Å². The van der Waals surface area contributed by atoms with E-state index in [0.29, 0.717) is 37.4 Å². The van der Waals surface area contributed by atoms with Gasteiger partial charge in [-0.1, -0.05) is 0 Å². The van der Waals surface area contributed by atoms with Crippen LogP contribution in [0.25, 0.3) is 0 Å². The van der Waals surface area contributed by atoms with Crippen LogP contribution in [0.2, 0.25) is 0 Å². The van der Waals surface area contributed by atoms with Crippen molar-refractivity contribution < 1.29 is 28.2 Å². The molecule has 0 spiro atoms. The van der Waals surface area contributed by atoms with Crippen molar-refractivity contribution in [3.05, 3.63) is 24.3 Å². The van der Waals surface area contributed by atoms with Gasteiger partial charge in [-0.25, -0.2) is 13.6 Å². The first kappa shape index (κ1) is 17.0. The molecule has 0 aliphatic carbocycles. The molecule has 0 aromatic heterocycles. The summed E-state index contributed by atoms with van der Waals surface area (Å²) in [5.74, 6) is -0.930. The molecule has 1 fully saturated rings. The standard InChI is InChI=1S/C15H18F2N2O4/c16-13(17)9-23-12-3-1-11(2-4-12)18-15(22)19-7-5-10(6-8-19)14(20)21/h1-4,10,13H,5-9H2,(H,18,22)(H,20,21). The average Bonchev–Trinajstić information content (AvgIpc) is 2.54. The molecular weight excluding hydrogens is 310 g/mol. The molecule has 1 aliphatic heterocycles. The van der Waals surface area contributed by atoms with E-state index >= 15 is 0 Å². The summed E-state index contributed by atoms with van der Waals surface area (Å²) in [5.41, 5.74) is 0.514. The van der Waals surface area contributed by atoms with Gasteiger partial charge in [0.25, 0.3) is 6.43 Å². The van der Waals surface area contributed by atoms with Gasteiger partial charge in [0.05, 0.1) is 5.92 Å². The van der Waals surface area contributed by atoms with Gasteiger partial charge in [-0.05, 0) is 37.1 Å². The third-order valence-electron chi connectivity index (χ3n) is 3.61. The minimum absolute atomic E-state index is 0.297. The highest BCUT2D eigenvalue weighted by Crippen LogP contribution is 2.20. The minimum Gasteiger partial charge on any atom is -0.488 e. The number of nitrogens with one attached hydrogen (secondary N) is 1. The number of ether oxygens (including phenoxy) is 1. The number of nitrogens with zero attached hydrogens (tertiary/aromatic N) is 1. The molecule has 0 radical (unpaired) electrons. The van der Waals surface area contributed by atoms with Crippen molar-refractivity contribution in [2.75, 3.05) is 25.0 Å². The van der Waals surface area contributed by atoms with Crippen LogP contribution in [-0.2, 0) is 4.79 Å². The molecule has 1 saturated heterocycles. The van der Waals surface area contributed by atoms with Crippen LogP contribution in [0.15, 0.2) is 24.3 Å². The second-order valence-electron chi connectivity index (χ2n) is 5.26. The number of aliphatic carboxylic acids is 1. The number of anilines is 1. The second kappa shape index (κ2) is 7.75. The van der Waals surface area contributed by atoms with Crippen molar-refractivity contribution in [3.8, 4) is 5.75 Å². The summed E-state index contributed by atoms with van der Waals surface area (Å²) in [6, 6.07) is 5.80. The number of carbonyl (C=O) groups excluding carboxylic acids is 1. The van der Waals surface area contributed by atoms with Crippen LogP contribution < -0.4 is 10.1 Å². The van der Waals surface area contributed by atoms with Crippen LogP contribution in [0.1, 0.15) is 12.8 Å². The van der Waals surface area contributed by atoms with Crippen LogP contribution in [0.3, 0.4) is 0 Å². The molecule has 0 bridgehead atoms. The first-order chi connectivity index (χ1) is 11.0. The molecule has 2 amide bonds. The fourth-order valence-electron chi connectivity index (χ4n) is 2.33. The number of carboxylic acids is 1. The Kier molecular flexibility index (Phi) is 5.72. The zero-order valence-electron chi connectivity index (χ0n) is 12.4. The van der Waals surface area contributed by atoms with E-state index in [-0.39, 0.29) is 6.03 Å². The largest absolute Gasteiger partial charge is 0.488 e. The number of urea groups is 1. The Bertz CT molecular complexity index is 543. The third-order valence-corrected chi connectivity index (χ3v) is 3.61. The van der Waals surface area contributed by atoms with Crippen LogP contribution in [0.5, 0.6) is 5.75 Å². The van der Waals surface area contributed by atoms with Gasteiger partial charge in [0, 0.05) is 18.8 Å². The van der Waals surface area contributed by atoms with Crippen molar-refractivity contribution in [1.29, 1.82) is 0 Å². The summed E-state index contributed by atoms with van der Waals surface area (Å²) in [7, 11) is 0. The summed E-state index contributed by atoms with van der Waals surface area (Å²) in [6.45, 7) is 0.0982. The number of alkyl halides is 2. The fourth-order valence-corrected chi connectivity index (χ4v) is 2.33. The first-order valence-electron chi connectivity index (χ1n) is 7.25. The fraction of sp³-hybridized carbons (Fsp3) is 0.467. The number of piperidine rings is 1. The van der Waals surface area contributed by atoms with E-state index in [1.165, 1.54) is 12.1 Å². The normalized spacial score (nSPS) is 15.5. The molecule has 2 N–H and O–H groups in total. The van der Waals surface area contributed by atoms with Gasteiger partial charge in [-0.15, -0.1) is 0 Å². The summed E-state index contributed by atoms with van der Waals surface area (Å²) in [5, 5.41) is 11.6. The maximum Gasteiger partial charge on any atom is 0.321 e. The molecule has 126 valence electrons. The molecule has 1 heterocycles. The SMILES string of the molecule is O=C(O)C1CCN(C(=O)Nc2ccc(OCC(F)F)cc2)CC1. The highest BCUT2D eigenvalue weighted by atomic mass is 19.3. The number of hydrogen-bond donors (Lipinski definition) is 2. The summed E-state index contributed by atoms with van der Waals surface area (Å²) >= 11 is 0. The van der Waals surface area contributed by atoms with Crippen molar-refractivity contribution in [3.63, 3.8) is 0 Å². The van der Waals surface area contributed by atoms with Crippen LogP contribution in [-0.4, -0.2) is 48.1 Å². The molecule has 1 aliphatic rings. The second-order valence-corrected chi connectivity index (χ2v) is 5.26. The maximum absolute atomic E-state index is 12.1. The lowest BCUT2D eigenvalue weighted by atomic mass is 9.97. The quantitative estimate of drug-likeness (QED) is 0.871. The molecule has 0 atom stereocenters. The monoisotopic (exact) mass is 328 g/mol. The van der Waals surface area contributed by atoms with Gasteiger partial charge in [-0.3, -0.25) is 4.79 Å². The van der Waals surface area contributed by atoms with Gasteiger partial charge in [0.15, 0.2) is 0 Å². The van der Waals surface area contributed by atoms with E-state index in [0.717, 1.165) is 0 Å². The number of likely N-dealkylation sites (tertiary alicyclic amines) is 1. The first-order valence-corrected chi connectivity index (χ1v) is 7.25. The molecule has 23 heavy (non-hydrogen) atoms. The number of carbonyl (C=O) groups is 2. The van der Waals surface area contributed by atoms with E-state index in [2.05, 4.69) is 5.32 Å². The van der Waals surface area contributed by atoms with E-state index in [4.69, 9.17) is 9.84 Å². The molecule has 0 saturated carbocycles. The van der Waals surface area contributed by atoms with E-state index in [9.17, 15) is 18.4 Å². The number of benzene rings is 1. The van der Waals surface area contributed by atoms with Crippen LogP contribution >= 0.6 is 0 Å². The molecule has 6 nitrogen and oxygen atoms in total. The zero-order valence-corrected chi connectivity index (χ0v) is 12.4. The zero-order chi connectivity index (χ0) is 16.8. The number of amides is 2. The molecule has 0 unspecified atom stereocenters. The lowest BCUT2D eigenvalue weighted by molar-refractivity contribution is -0.143.